The van der Waals surface area contributed by atoms with E-state index in [0.717, 1.165) is 49.9 Å². The second-order valence-electron chi connectivity index (χ2n) is 7.68. The van der Waals surface area contributed by atoms with Crippen molar-refractivity contribution in [3.05, 3.63) is 34.9 Å². The highest BCUT2D eigenvalue weighted by Gasteiger charge is 2.19. The van der Waals surface area contributed by atoms with Crippen molar-refractivity contribution in [2.45, 2.75) is 42.8 Å². The van der Waals surface area contributed by atoms with Gasteiger partial charge in [0.05, 0.1) is 10.5 Å². The molecule has 1 aliphatic rings. The number of fused-ring (bicyclic) bond motifs is 2. The average molecular weight is 463 g/mol. The van der Waals surface area contributed by atoms with E-state index in [1.54, 1.807) is 18.0 Å². The lowest BCUT2D eigenvalue weighted by atomic mass is 10.1. The van der Waals surface area contributed by atoms with Gasteiger partial charge in [0.15, 0.2) is 11.5 Å². The lowest BCUT2D eigenvalue weighted by molar-refractivity contribution is 0.174. The number of hydrogen-bond donors (Lipinski definition) is 2. The van der Waals surface area contributed by atoms with E-state index in [-0.39, 0.29) is 12.3 Å². The molecule has 0 amide bonds. The Labute approximate surface area is 176 Å². The zero-order valence-corrected chi connectivity index (χ0v) is 18.5. The van der Waals surface area contributed by atoms with Gasteiger partial charge in [0.2, 0.25) is 6.79 Å². The fourth-order valence-corrected chi connectivity index (χ4v) is 4.72. The molecular formula is C20H23BrN4O2S. The topological polar surface area (TPSA) is 74.3 Å². The number of hydrogen-bond acceptors (Lipinski definition) is 6. The number of aromatic nitrogens is 2. The van der Waals surface area contributed by atoms with E-state index in [1.165, 1.54) is 0 Å². The number of pyridine rings is 1. The zero-order valence-electron chi connectivity index (χ0n) is 16.1. The molecule has 1 aliphatic heterocycles. The highest BCUT2D eigenvalue weighted by Crippen LogP contribution is 2.44. The van der Waals surface area contributed by atoms with Gasteiger partial charge in [-0.25, -0.2) is 4.98 Å². The first-order valence-corrected chi connectivity index (χ1v) is 10.7. The van der Waals surface area contributed by atoms with Crippen LogP contribution in [0.25, 0.3) is 10.9 Å². The Morgan fingerprint density at radius 3 is 2.75 bits per heavy atom. The Morgan fingerprint density at radius 1 is 1.25 bits per heavy atom. The molecule has 3 heterocycles. The van der Waals surface area contributed by atoms with Gasteiger partial charge in [-0.15, -0.1) is 0 Å². The Bertz CT molecular complexity index is 1030. The van der Waals surface area contributed by atoms with Crippen molar-refractivity contribution in [2.75, 3.05) is 19.1 Å². The number of nitrogen functional groups attached to an aromatic ring is 1. The third kappa shape index (κ3) is 3.94. The maximum Gasteiger partial charge on any atom is 0.231 e. The molecule has 28 heavy (non-hydrogen) atoms. The van der Waals surface area contributed by atoms with Gasteiger partial charge in [-0.1, -0.05) is 11.8 Å². The fourth-order valence-electron chi connectivity index (χ4n) is 3.13. The average Bonchev–Trinajstić information content (AvgIpc) is 3.20. The number of anilines is 1. The molecule has 0 saturated heterocycles. The minimum absolute atomic E-state index is 0.0667. The van der Waals surface area contributed by atoms with E-state index in [0.29, 0.717) is 5.82 Å². The molecule has 0 aliphatic carbocycles. The number of rotatable bonds is 5. The van der Waals surface area contributed by atoms with Crippen molar-refractivity contribution in [2.24, 2.45) is 0 Å². The van der Waals surface area contributed by atoms with Crippen LogP contribution in [0.4, 0.5) is 5.82 Å². The van der Waals surface area contributed by atoms with Crippen LogP contribution < -0.4 is 20.5 Å². The largest absolute Gasteiger partial charge is 0.454 e. The fraction of sp³-hybridized carbons (Fsp3) is 0.350. The van der Waals surface area contributed by atoms with Gasteiger partial charge in [-0.2, -0.15) is 0 Å². The minimum Gasteiger partial charge on any atom is -0.454 e. The van der Waals surface area contributed by atoms with Crippen LogP contribution in [0.1, 0.15) is 20.8 Å². The molecule has 3 aromatic rings. The number of nitrogens with zero attached hydrogens (tertiary/aromatic N) is 2. The van der Waals surface area contributed by atoms with Crippen LogP contribution in [0, 0.1) is 0 Å². The van der Waals surface area contributed by atoms with Gasteiger partial charge in [0.1, 0.15) is 5.82 Å². The third-order valence-electron chi connectivity index (χ3n) is 4.45. The molecular weight excluding hydrogens is 440 g/mol. The normalized spacial score (nSPS) is 13.4. The number of benzene rings is 1. The molecule has 0 atom stereocenters. The van der Waals surface area contributed by atoms with Crippen molar-refractivity contribution in [3.63, 3.8) is 0 Å². The summed E-state index contributed by atoms with van der Waals surface area (Å²) >= 11 is 5.32. The van der Waals surface area contributed by atoms with Gasteiger partial charge < -0.3 is 25.1 Å². The third-order valence-corrected chi connectivity index (χ3v) is 6.48. The number of halogens is 1. The van der Waals surface area contributed by atoms with E-state index in [9.17, 15) is 0 Å². The maximum absolute atomic E-state index is 6.14. The summed E-state index contributed by atoms with van der Waals surface area (Å²) in [5.74, 6) is 2.08. The Morgan fingerprint density at radius 2 is 2.00 bits per heavy atom. The summed E-state index contributed by atoms with van der Waals surface area (Å²) in [4.78, 5) is 5.31. The molecule has 6 nitrogen and oxygen atoms in total. The summed E-state index contributed by atoms with van der Waals surface area (Å²) in [6, 6.07) is 8.08. The van der Waals surface area contributed by atoms with Gasteiger partial charge >= 0.3 is 0 Å². The molecule has 0 saturated carbocycles. The van der Waals surface area contributed by atoms with Crippen LogP contribution in [0.5, 0.6) is 11.5 Å². The Hall–Kier alpha value is -1.90. The standard InChI is InChI=1S/C20H23BrN4O2S/c1-20(2,3)24-6-7-25-14-4-5-23-19(22)12(14)8-18(25)28-17-10-16-15(9-13(17)21)26-11-27-16/h4-5,8-10,24H,6-7,11H2,1-3H3,(H2,22,23). The van der Waals surface area contributed by atoms with Crippen molar-refractivity contribution in [1.29, 1.82) is 0 Å². The monoisotopic (exact) mass is 462 g/mol. The molecule has 0 radical (unpaired) electrons. The quantitative estimate of drug-likeness (QED) is 0.574. The molecule has 0 fully saturated rings. The lowest BCUT2D eigenvalue weighted by Crippen LogP contribution is -2.37. The lowest BCUT2D eigenvalue weighted by Gasteiger charge is -2.21. The molecule has 8 heteroatoms. The van der Waals surface area contributed by atoms with Crippen LogP contribution in [0.3, 0.4) is 0 Å². The van der Waals surface area contributed by atoms with E-state index in [4.69, 9.17) is 15.2 Å². The van der Waals surface area contributed by atoms with Crippen LogP contribution in [0.2, 0.25) is 0 Å². The molecule has 0 unspecified atom stereocenters. The van der Waals surface area contributed by atoms with Crippen molar-refractivity contribution in [1.82, 2.24) is 14.9 Å². The van der Waals surface area contributed by atoms with Crippen molar-refractivity contribution in [3.8, 4) is 11.5 Å². The molecule has 2 aromatic heterocycles. The van der Waals surface area contributed by atoms with Crippen LogP contribution in [-0.4, -0.2) is 28.4 Å². The highest BCUT2D eigenvalue weighted by molar-refractivity contribution is 9.10. The summed E-state index contributed by atoms with van der Waals surface area (Å²) in [6.07, 6.45) is 1.76. The first-order valence-electron chi connectivity index (χ1n) is 9.07. The van der Waals surface area contributed by atoms with E-state index in [2.05, 4.69) is 57.6 Å². The van der Waals surface area contributed by atoms with Crippen molar-refractivity contribution >= 4 is 44.4 Å². The van der Waals surface area contributed by atoms with Crippen LogP contribution in [-0.2, 0) is 6.54 Å². The van der Waals surface area contributed by atoms with Crippen molar-refractivity contribution < 1.29 is 9.47 Å². The number of nitrogens with one attached hydrogen (secondary N) is 1. The van der Waals surface area contributed by atoms with Gasteiger partial charge in [0.25, 0.3) is 0 Å². The predicted octanol–water partition coefficient (Wildman–Crippen LogP) is 4.65. The number of ether oxygens (including phenoxy) is 2. The van der Waals surface area contributed by atoms with Crippen LogP contribution >= 0.6 is 27.7 Å². The van der Waals surface area contributed by atoms with Crippen LogP contribution in [0.15, 0.2) is 44.9 Å². The summed E-state index contributed by atoms with van der Waals surface area (Å²) in [6.45, 7) is 8.45. The van der Waals surface area contributed by atoms with Gasteiger partial charge in [-0.05, 0) is 61.0 Å². The van der Waals surface area contributed by atoms with E-state index < -0.39 is 0 Å². The molecule has 1 aromatic carbocycles. The SMILES string of the molecule is CC(C)(C)NCCn1c(Sc2cc3c(cc2Br)OCO3)cc2c(N)nccc21. The molecule has 4 rings (SSSR count). The molecule has 0 bridgehead atoms. The molecule has 3 N–H and O–H groups in total. The molecule has 0 spiro atoms. The second-order valence-corrected chi connectivity index (χ2v) is 9.59. The first kappa shape index (κ1) is 19.4. The predicted molar refractivity (Wildman–Crippen MR) is 116 cm³/mol. The summed E-state index contributed by atoms with van der Waals surface area (Å²) < 4.78 is 14.3. The summed E-state index contributed by atoms with van der Waals surface area (Å²) in [5.41, 5.74) is 7.29. The minimum atomic E-state index is 0.0667. The Kier molecular flexibility index (Phi) is 5.20. The van der Waals surface area contributed by atoms with E-state index >= 15 is 0 Å². The highest BCUT2D eigenvalue weighted by atomic mass is 79.9. The number of nitrogens with two attached hydrogens (primary N) is 1. The first-order chi connectivity index (χ1) is 13.3. The van der Waals surface area contributed by atoms with Gasteiger partial charge in [-0.3, -0.25) is 0 Å². The summed E-state index contributed by atoms with van der Waals surface area (Å²) in [5, 5.41) is 5.62. The van der Waals surface area contributed by atoms with Gasteiger partial charge in [0, 0.05) is 39.6 Å². The Balaban J connectivity index is 1.70. The zero-order chi connectivity index (χ0) is 19.9. The summed E-state index contributed by atoms with van der Waals surface area (Å²) in [7, 11) is 0. The van der Waals surface area contributed by atoms with E-state index in [1.807, 2.05) is 18.2 Å². The second kappa shape index (κ2) is 7.50. The molecule has 148 valence electrons. The maximum atomic E-state index is 6.14. The smallest absolute Gasteiger partial charge is 0.231 e.